The fourth-order valence-electron chi connectivity index (χ4n) is 1.59. The second-order valence-corrected chi connectivity index (χ2v) is 4.24. The van der Waals surface area contributed by atoms with Crippen molar-refractivity contribution in [3.05, 3.63) is 32.6 Å². The predicted octanol–water partition coefficient (Wildman–Crippen LogP) is -0.886. The summed E-state index contributed by atoms with van der Waals surface area (Å²) < 4.78 is 1.22. The third-order valence-electron chi connectivity index (χ3n) is 2.74. The number of aliphatic carboxylic acids is 1. The number of hydrogen-bond donors (Lipinski definition) is 2. The molecule has 7 nitrogen and oxygen atoms in total. The number of H-pyrrole nitrogens is 1. The molecule has 0 saturated heterocycles. The minimum atomic E-state index is -1.02. The van der Waals surface area contributed by atoms with Gasteiger partial charge in [0, 0.05) is 11.8 Å². The molecule has 100 valence electrons. The summed E-state index contributed by atoms with van der Waals surface area (Å²) in [6.45, 7) is 1.78. The maximum atomic E-state index is 11.6. The van der Waals surface area contributed by atoms with E-state index in [4.69, 9.17) is 5.11 Å². The van der Waals surface area contributed by atoms with Crippen molar-refractivity contribution in [2.24, 2.45) is 0 Å². The third kappa shape index (κ3) is 3.07. The number of hydrogen-bond acceptors (Lipinski definition) is 4. The SMILES string of the molecule is CCc1cn(C[C@@H](C(=O)O)N(C)C)c(=O)[nH]c1=O. The van der Waals surface area contributed by atoms with Crippen molar-refractivity contribution >= 4 is 5.97 Å². The number of nitrogens with one attached hydrogen (secondary N) is 1. The highest BCUT2D eigenvalue weighted by Gasteiger charge is 2.21. The summed E-state index contributed by atoms with van der Waals surface area (Å²) in [4.78, 5) is 37.7. The Kier molecular flexibility index (Phi) is 4.43. The van der Waals surface area contributed by atoms with E-state index in [9.17, 15) is 14.4 Å². The van der Waals surface area contributed by atoms with Crippen LogP contribution in [-0.4, -0.2) is 45.7 Å². The first kappa shape index (κ1) is 14.2. The second kappa shape index (κ2) is 5.63. The Balaban J connectivity index is 3.14. The first-order chi connectivity index (χ1) is 8.36. The predicted molar refractivity (Wildman–Crippen MR) is 65.8 cm³/mol. The molecule has 0 radical (unpaired) electrons. The van der Waals surface area contributed by atoms with Gasteiger partial charge in [0.1, 0.15) is 6.04 Å². The lowest BCUT2D eigenvalue weighted by Gasteiger charge is -2.20. The van der Waals surface area contributed by atoms with E-state index in [1.807, 2.05) is 0 Å². The van der Waals surface area contributed by atoms with Crippen LogP contribution in [0, 0.1) is 0 Å². The van der Waals surface area contributed by atoms with Crippen LogP contribution in [0.5, 0.6) is 0 Å². The van der Waals surface area contributed by atoms with Gasteiger partial charge in [0.05, 0.1) is 6.54 Å². The minimum Gasteiger partial charge on any atom is -0.480 e. The summed E-state index contributed by atoms with van der Waals surface area (Å²) in [7, 11) is 3.24. The molecule has 0 bridgehead atoms. The molecule has 0 aliphatic heterocycles. The molecule has 1 atom stereocenters. The Bertz CT molecular complexity index is 544. The van der Waals surface area contributed by atoms with Gasteiger partial charge in [-0.1, -0.05) is 6.92 Å². The van der Waals surface area contributed by atoms with E-state index < -0.39 is 23.3 Å². The van der Waals surface area contributed by atoms with Gasteiger partial charge in [-0.2, -0.15) is 0 Å². The first-order valence-corrected chi connectivity index (χ1v) is 5.58. The van der Waals surface area contributed by atoms with Gasteiger partial charge in [-0.3, -0.25) is 24.0 Å². The highest BCUT2D eigenvalue weighted by molar-refractivity contribution is 5.73. The van der Waals surface area contributed by atoms with Gasteiger partial charge < -0.3 is 5.11 Å². The summed E-state index contributed by atoms with van der Waals surface area (Å²) >= 11 is 0. The van der Waals surface area contributed by atoms with Crippen LogP contribution in [0.25, 0.3) is 0 Å². The molecule has 0 aliphatic carbocycles. The average molecular weight is 255 g/mol. The van der Waals surface area contributed by atoms with E-state index in [2.05, 4.69) is 4.98 Å². The van der Waals surface area contributed by atoms with Crippen LogP contribution in [0.4, 0.5) is 0 Å². The van der Waals surface area contributed by atoms with E-state index >= 15 is 0 Å². The molecule has 1 heterocycles. The molecule has 18 heavy (non-hydrogen) atoms. The number of likely N-dealkylation sites (N-methyl/N-ethyl adjacent to an activating group) is 1. The van der Waals surface area contributed by atoms with Crippen molar-refractivity contribution in [2.75, 3.05) is 14.1 Å². The first-order valence-electron chi connectivity index (χ1n) is 5.58. The molecule has 1 aromatic rings. The fraction of sp³-hybridized carbons (Fsp3) is 0.545. The molecule has 7 heteroatoms. The average Bonchev–Trinajstić information content (AvgIpc) is 2.26. The Morgan fingerprint density at radius 3 is 2.56 bits per heavy atom. The van der Waals surface area contributed by atoms with Crippen LogP contribution in [0.2, 0.25) is 0 Å². The molecule has 0 unspecified atom stereocenters. The van der Waals surface area contributed by atoms with Crippen LogP contribution in [0.15, 0.2) is 15.8 Å². The standard InChI is InChI=1S/C11H17N3O4/c1-4-7-5-14(11(18)12-9(7)15)6-8(10(16)17)13(2)3/h5,8H,4,6H2,1-3H3,(H,16,17)(H,12,15,18)/t8-/m0/s1. The monoisotopic (exact) mass is 255 g/mol. The van der Waals surface area contributed by atoms with E-state index in [1.54, 1.807) is 21.0 Å². The number of rotatable bonds is 5. The lowest BCUT2D eigenvalue weighted by Crippen LogP contribution is -2.43. The lowest BCUT2D eigenvalue weighted by molar-refractivity contribution is -0.142. The summed E-state index contributed by atoms with van der Waals surface area (Å²) in [5, 5.41) is 9.05. The van der Waals surface area contributed by atoms with Crippen molar-refractivity contribution in [1.82, 2.24) is 14.5 Å². The molecule has 1 aromatic heterocycles. The molecule has 0 aromatic carbocycles. The number of carboxylic acids is 1. The van der Waals surface area contributed by atoms with Crippen LogP contribution in [0.3, 0.4) is 0 Å². The van der Waals surface area contributed by atoms with Crippen LogP contribution in [0.1, 0.15) is 12.5 Å². The summed E-state index contributed by atoms with van der Waals surface area (Å²) in [5.74, 6) is -1.02. The van der Waals surface area contributed by atoms with Gasteiger partial charge >= 0.3 is 11.7 Å². The zero-order valence-corrected chi connectivity index (χ0v) is 10.6. The topological polar surface area (TPSA) is 95.4 Å². The van der Waals surface area contributed by atoms with Crippen molar-refractivity contribution in [1.29, 1.82) is 0 Å². The Morgan fingerprint density at radius 1 is 1.50 bits per heavy atom. The van der Waals surface area contributed by atoms with Crippen molar-refractivity contribution in [2.45, 2.75) is 25.9 Å². The zero-order valence-electron chi connectivity index (χ0n) is 10.6. The molecule has 1 rings (SSSR count). The van der Waals surface area contributed by atoms with Crippen LogP contribution >= 0.6 is 0 Å². The number of nitrogens with zero attached hydrogens (tertiary/aromatic N) is 2. The van der Waals surface area contributed by atoms with Gasteiger partial charge in [0.15, 0.2) is 0 Å². The summed E-state index contributed by atoms with van der Waals surface area (Å²) in [6.07, 6.45) is 1.90. The Hall–Kier alpha value is -1.89. The van der Waals surface area contributed by atoms with E-state index in [-0.39, 0.29) is 6.54 Å². The van der Waals surface area contributed by atoms with Crippen molar-refractivity contribution in [3.63, 3.8) is 0 Å². The van der Waals surface area contributed by atoms with Gasteiger partial charge in [-0.05, 0) is 20.5 Å². The maximum absolute atomic E-state index is 11.6. The maximum Gasteiger partial charge on any atom is 0.328 e. The molecule has 0 saturated carbocycles. The Morgan fingerprint density at radius 2 is 2.11 bits per heavy atom. The molecular formula is C11H17N3O4. The van der Waals surface area contributed by atoms with E-state index in [0.29, 0.717) is 12.0 Å². The Labute approximate surface area is 104 Å². The van der Waals surface area contributed by atoms with Crippen LogP contribution in [-0.2, 0) is 17.8 Å². The lowest BCUT2D eigenvalue weighted by atomic mass is 10.2. The smallest absolute Gasteiger partial charge is 0.328 e. The van der Waals surface area contributed by atoms with Crippen LogP contribution < -0.4 is 11.2 Å². The molecular weight excluding hydrogens is 238 g/mol. The fourth-order valence-corrected chi connectivity index (χ4v) is 1.59. The number of aryl methyl sites for hydroxylation is 1. The van der Waals surface area contributed by atoms with E-state index in [0.717, 1.165) is 0 Å². The van der Waals surface area contributed by atoms with Gasteiger partial charge in [0.25, 0.3) is 5.56 Å². The van der Waals surface area contributed by atoms with E-state index in [1.165, 1.54) is 15.7 Å². The van der Waals surface area contributed by atoms with Crippen molar-refractivity contribution < 1.29 is 9.90 Å². The summed E-state index contributed by atoms with van der Waals surface area (Å²) in [5.41, 5.74) is -0.557. The number of aromatic amines is 1. The van der Waals surface area contributed by atoms with Gasteiger partial charge in [-0.15, -0.1) is 0 Å². The highest BCUT2D eigenvalue weighted by atomic mass is 16.4. The normalized spacial score (nSPS) is 12.7. The second-order valence-electron chi connectivity index (χ2n) is 4.24. The number of carbonyl (C=O) groups is 1. The molecule has 0 aliphatic rings. The number of carboxylic acid groups (broad SMARTS) is 1. The largest absolute Gasteiger partial charge is 0.480 e. The van der Waals surface area contributed by atoms with Gasteiger partial charge in [0.2, 0.25) is 0 Å². The number of aromatic nitrogens is 2. The third-order valence-corrected chi connectivity index (χ3v) is 2.74. The molecule has 2 N–H and O–H groups in total. The zero-order chi connectivity index (χ0) is 13.9. The summed E-state index contributed by atoms with van der Waals surface area (Å²) in [6, 6.07) is -0.821. The molecule has 0 spiro atoms. The highest BCUT2D eigenvalue weighted by Crippen LogP contribution is 1.98. The van der Waals surface area contributed by atoms with Gasteiger partial charge in [-0.25, -0.2) is 4.79 Å². The minimum absolute atomic E-state index is 0.00898. The molecule has 0 amide bonds. The molecule has 0 fully saturated rings. The van der Waals surface area contributed by atoms with Crippen molar-refractivity contribution in [3.8, 4) is 0 Å². The quantitative estimate of drug-likeness (QED) is 0.712.